The van der Waals surface area contributed by atoms with Gasteiger partial charge in [-0.05, 0) is 6.92 Å². The van der Waals surface area contributed by atoms with Gasteiger partial charge in [0, 0.05) is 35.1 Å². The van der Waals surface area contributed by atoms with E-state index >= 15 is 0 Å². The molecule has 1 fully saturated rings. The Morgan fingerprint density at radius 2 is 1.56 bits per heavy atom. The molecule has 1 saturated heterocycles. The Kier molecular flexibility index (Phi) is 10.6. The van der Waals surface area contributed by atoms with Crippen molar-refractivity contribution in [1.29, 1.82) is 0 Å². The quantitative estimate of drug-likeness (QED) is 0.149. The number of fused-ring (bicyclic) bond motifs is 1. The van der Waals surface area contributed by atoms with Gasteiger partial charge < -0.3 is 10.5 Å². The molecule has 0 radical (unpaired) electrons. The van der Waals surface area contributed by atoms with E-state index in [4.69, 9.17) is 19.5 Å². The van der Waals surface area contributed by atoms with Crippen molar-refractivity contribution in [3.8, 4) is 0 Å². The van der Waals surface area contributed by atoms with E-state index in [0.29, 0.717) is 28.7 Å². The molecule has 0 saturated carbocycles. The van der Waals surface area contributed by atoms with Crippen LogP contribution in [0.3, 0.4) is 0 Å². The van der Waals surface area contributed by atoms with Crippen LogP contribution in [0.25, 0.3) is 11.2 Å². The normalized spacial score (nSPS) is 18.7. The van der Waals surface area contributed by atoms with Gasteiger partial charge in [-0.15, -0.1) is 0 Å². The number of nitrogens with one attached hydrogen (secondary N) is 1. The van der Waals surface area contributed by atoms with Gasteiger partial charge >= 0.3 is 7.75 Å². The van der Waals surface area contributed by atoms with Gasteiger partial charge in [-0.25, -0.2) is 24.6 Å². The maximum Gasteiger partial charge on any atom is 0.405 e. The highest BCUT2D eigenvalue weighted by molar-refractivity contribution is 8.14. The number of nitrogens with zero attached hydrogens (tertiary/aromatic N) is 4. The number of hydrogen-bond acceptors (Lipinski definition) is 12. The summed E-state index contributed by atoms with van der Waals surface area (Å²) in [6.45, 7) is 1.85. The maximum absolute atomic E-state index is 13.9. The molecule has 0 amide bonds. The second-order valence-electron chi connectivity index (χ2n) is 9.52. The fraction of sp³-hybridized carbons (Fsp3) is 0.321. The summed E-state index contributed by atoms with van der Waals surface area (Å²) < 4.78 is 33.4. The number of thioether (sulfide) groups is 2. The molecule has 3 heterocycles. The predicted octanol–water partition coefficient (Wildman–Crippen LogP) is 4.96. The number of carbonyl (C=O) groups excluding carboxylic acids is 2. The van der Waals surface area contributed by atoms with Gasteiger partial charge in [0.05, 0.1) is 25.6 Å². The van der Waals surface area contributed by atoms with Crippen molar-refractivity contribution in [3.63, 3.8) is 0 Å². The Balaban J connectivity index is 1.21. The predicted molar refractivity (Wildman–Crippen MR) is 167 cm³/mol. The number of hydrogen-bond donors (Lipinski definition) is 2. The number of ether oxygens (including phenoxy) is 1. The van der Waals surface area contributed by atoms with Crippen molar-refractivity contribution in [3.05, 3.63) is 84.4 Å². The van der Waals surface area contributed by atoms with Crippen molar-refractivity contribution >= 4 is 58.5 Å². The lowest BCUT2D eigenvalue weighted by Crippen LogP contribution is -2.34. The average molecular weight is 643 g/mol. The Bertz CT molecular complexity index is 1530. The van der Waals surface area contributed by atoms with E-state index < -0.39 is 20.0 Å². The minimum atomic E-state index is -3.88. The van der Waals surface area contributed by atoms with Crippen LogP contribution in [0, 0.1) is 0 Å². The van der Waals surface area contributed by atoms with Gasteiger partial charge in [-0.3, -0.25) is 23.2 Å². The monoisotopic (exact) mass is 642 g/mol. The molecule has 3 unspecified atom stereocenters. The minimum Gasteiger partial charge on any atom is -0.382 e. The first-order valence-corrected chi connectivity index (χ1v) is 17.0. The molecule has 4 aromatic rings. The molecule has 12 nitrogen and oxygen atoms in total. The Morgan fingerprint density at radius 1 is 0.977 bits per heavy atom. The molecule has 0 spiro atoms. The fourth-order valence-electron chi connectivity index (χ4n) is 4.44. The summed E-state index contributed by atoms with van der Waals surface area (Å²) in [5, 5.41) is 2.82. The summed E-state index contributed by atoms with van der Waals surface area (Å²) in [4.78, 5) is 37.5. The van der Waals surface area contributed by atoms with Crippen LogP contribution in [0.2, 0.25) is 0 Å². The molecular weight excluding hydrogens is 611 g/mol. The van der Waals surface area contributed by atoms with E-state index in [-0.39, 0.29) is 46.9 Å². The Hall–Kier alpha value is -3.10. The average Bonchev–Trinajstić information content (AvgIpc) is 3.62. The number of nitrogen functional groups attached to an aromatic ring is 1. The first kappa shape index (κ1) is 31.3. The Morgan fingerprint density at radius 3 is 2.14 bits per heavy atom. The topological polar surface area (TPSA) is 161 Å². The van der Waals surface area contributed by atoms with Gasteiger partial charge in [0.1, 0.15) is 18.1 Å². The number of nitrogens with two attached hydrogens (primary N) is 1. The first-order chi connectivity index (χ1) is 20.8. The second kappa shape index (κ2) is 14.6. The first-order valence-electron chi connectivity index (χ1n) is 13.5. The Labute approximate surface area is 257 Å². The van der Waals surface area contributed by atoms with Crippen molar-refractivity contribution < 1.29 is 27.9 Å². The maximum atomic E-state index is 13.9. The zero-order chi connectivity index (χ0) is 30.2. The number of carbonyl (C=O) groups is 2. The van der Waals surface area contributed by atoms with Gasteiger partial charge in [0.2, 0.25) is 10.2 Å². The van der Waals surface area contributed by atoms with E-state index in [0.717, 1.165) is 23.5 Å². The van der Waals surface area contributed by atoms with Gasteiger partial charge in [-0.2, -0.15) is 0 Å². The zero-order valence-electron chi connectivity index (χ0n) is 23.3. The van der Waals surface area contributed by atoms with Crippen LogP contribution in [-0.4, -0.2) is 66.6 Å². The lowest BCUT2D eigenvalue weighted by Gasteiger charge is -2.24. The lowest BCUT2D eigenvalue weighted by atomic mass is 10.2. The molecule has 43 heavy (non-hydrogen) atoms. The molecule has 3 atom stereocenters. The third kappa shape index (κ3) is 8.09. The van der Waals surface area contributed by atoms with Crippen LogP contribution in [0.4, 0.5) is 5.82 Å². The minimum absolute atomic E-state index is 0.00263. The molecule has 2 aromatic heterocycles. The molecule has 2 aromatic carbocycles. The molecule has 0 bridgehead atoms. The largest absolute Gasteiger partial charge is 0.405 e. The molecule has 1 aliphatic rings. The standard InChI is InChI=1S/C28H31N6O6PS2/c1-19-22(16-23(40-19)34-18-32-24-25(29)30-17-31-26(24)34)33-41(37,38-12-14-42-27(35)20-8-4-2-5-9-20)39-13-15-43-28(36)21-10-6-3-7-11-21/h2-11,17-19,22-23H,12-16H2,1H3,(H,33,37)(H2,29,30,31). The van der Waals surface area contributed by atoms with E-state index in [1.807, 2.05) is 19.1 Å². The van der Waals surface area contributed by atoms with Crippen LogP contribution in [-0.2, 0) is 18.3 Å². The number of aromatic nitrogens is 4. The molecule has 5 rings (SSSR count). The van der Waals surface area contributed by atoms with Gasteiger partial charge in [0.15, 0.2) is 11.5 Å². The molecular formula is C28H31N6O6PS2. The van der Waals surface area contributed by atoms with Crippen LogP contribution in [0.15, 0.2) is 73.3 Å². The van der Waals surface area contributed by atoms with E-state index in [1.165, 1.54) is 6.33 Å². The van der Waals surface area contributed by atoms with Crippen LogP contribution >= 0.6 is 31.3 Å². The summed E-state index contributed by atoms with van der Waals surface area (Å²) >= 11 is 2.14. The number of rotatable bonds is 13. The molecule has 1 aliphatic heterocycles. The third-order valence-electron chi connectivity index (χ3n) is 6.59. The summed E-state index contributed by atoms with van der Waals surface area (Å²) in [5.41, 5.74) is 8.08. The number of benzene rings is 2. The molecule has 0 aliphatic carbocycles. The van der Waals surface area contributed by atoms with Gasteiger partial charge in [0.25, 0.3) is 0 Å². The summed E-state index contributed by atoms with van der Waals surface area (Å²) in [7, 11) is -3.88. The van der Waals surface area contributed by atoms with Crippen LogP contribution in [0.1, 0.15) is 40.3 Å². The summed E-state index contributed by atoms with van der Waals surface area (Å²) in [6.07, 6.45) is 2.53. The van der Waals surface area contributed by atoms with Crippen molar-refractivity contribution in [2.45, 2.75) is 31.7 Å². The summed E-state index contributed by atoms with van der Waals surface area (Å²) in [5.74, 6) is 0.805. The number of imidazole rings is 1. The lowest BCUT2D eigenvalue weighted by molar-refractivity contribution is 0.0100. The van der Waals surface area contributed by atoms with Crippen molar-refractivity contribution in [2.75, 3.05) is 30.5 Å². The fourth-order valence-corrected chi connectivity index (χ4v) is 7.60. The smallest absolute Gasteiger partial charge is 0.382 e. The third-order valence-corrected chi connectivity index (χ3v) is 10.0. The van der Waals surface area contributed by atoms with Crippen molar-refractivity contribution in [2.24, 2.45) is 0 Å². The summed E-state index contributed by atoms with van der Waals surface area (Å²) in [6, 6.07) is 17.4. The zero-order valence-corrected chi connectivity index (χ0v) is 25.8. The molecule has 3 N–H and O–H groups in total. The van der Waals surface area contributed by atoms with E-state index in [2.05, 4.69) is 20.0 Å². The van der Waals surface area contributed by atoms with E-state index in [1.54, 1.807) is 59.4 Å². The highest BCUT2D eigenvalue weighted by Crippen LogP contribution is 2.47. The van der Waals surface area contributed by atoms with E-state index in [9.17, 15) is 14.2 Å². The molecule has 15 heteroatoms. The van der Waals surface area contributed by atoms with Crippen molar-refractivity contribution in [1.82, 2.24) is 24.6 Å². The highest BCUT2D eigenvalue weighted by Gasteiger charge is 2.39. The van der Waals surface area contributed by atoms with Gasteiger partial charge in [-0.1, -0.05) is 84.2 Å². The molecule has 226 valence electrons. The number of anilines is 1. The van der Waals surface area contributed by atoms with Crippen LogP contribution < -0.4 is 10.8 Å². The second-order valence-corrected chi connectivity index (χ2v) is 13.4. The SMILES string of the molecule is CC1OC(n2cnc3c(N)ncnc32)CC1NP(=O)(OCCSC(=O)c1ccccc1)OCCSC(=O)c1ccccc1. The highest BCUT2D eigenvalue weighted by atomic mass is 32.2. The van der Waals surface area contributed by atoms with Crippen LogP contribution in [0.5, 0.6) is 0 Å².